The third-order valence-electron chi connectivity index (χ3n) is 4.98. The Bertz CT molecular complexity index is 1330. The fourth-order valence-electron chi connectivity index (χ4n) is 3.19. The van der Waals surface area contributed by atoms with E-state index >= 15 is 0 Å². The first-order chi connectivity index (χ1) is 15.8. The Hall–Kier alpha value is -4.27. The highest BCUT2D eigenvalue weighted by Gasteiger charge is 2.20. The molecule has 0 unspecified atom stereocenters. The van der Waals surface area contributed by atoms with E-state index in [1.54, 1.807) is 63.5 Å². The molecule has 0 radical (unpaired) electrons. The lowest BCUT2D eigenvalue weighted by atomic mass is 10.0. The van der Waals surface area contributed by atoms with E-state index in [-0.39, 0.29) is 35.0 Å². The third kappa shape index (κ3) is 4.67. The Balaban J connectivity index is 1.60. The Morgan fingerprint density at radius 3 is 2.55 bits per heavy atom. The number of pyridine rings is 1. The van der Waals surface area contributed by atoms with Gasteiger partial charge in [0, 0.05) is 25.3 Å². The van der Waals surface area contributed by atoms with E-state index in [1.165, 1.54) is 17.0 Å². The molecular formula is C24H21FN4O4. The third-order valence-corrected chi connectivity index (χ3v) is 4.98. The molecule has 9 heteroatoms. The highest BCUT2D eigenvalue weighted by Crippen LogP contribution is 2.29. The first-order valence-electron chi connectivity index (χ1n) is 10.1. The van der Waals surface area contributed by atoms with E-state index in [4.69, 9.17) is 9.26 Å². The first kappa shape index (κ1) is 21.9. The minimum absolute atomic E-state index is 0.0840. The summed E-state index contributed by atoms with van der Waals surface area (Å²) in [5.41, 5.74) is 1.92. The van der Waals surface area contributed by atoms with Crippen LogP contribution in [-0.2, 0) is 4.79 Å². The number of likely N-dealkylation sites (N-methyl/N-ethyl adjacent to an activating group) is 1. The standard InChI is InChI=1S/C24H21FN4O4/c1-14-22-18(12-20(27-24(22)33-28-14)17-6-4-5-7-19(17)25)23(31)26-15-8-10-16(11-9-15)32-13-21(30)29(2)3/h4-12H,13H2,1-3H3,(H,26,31). The van der Waals surface area contributed by atoms with Crippen LogP contribution in [0.5, 0.6) is 5.75 Å². The van der Waals surface area contributed by atoms with Crippen molar-refractivity contribution in [3.63, 3.8) is 0 Å². The van der Waals surface area contributed by atoms with Crippen LogP contribution in [0, 0.1) is 12.7 Å². The number of benzene rings is 2. The number of nitrogens with zero attached hydrogens (tertiary/aromatic N) is 3. The van der Waals surface area contributed by atoms with Gasteiger partial charge in [0.1, 0.15) is 11.6 Å². The maximum Gasteiger partial charge on any atom is 0.259 e. The second-order valence-electron chi connectivity index (χ2n) is 7.54. The van der Waals surface area contributed by atoms with Gasteiger partial charge in [-0.2, -0.15) is 0 Å². The number of aryl methyl sites for hydroxylation is 1. The Kier molecular flexibility index (Phi) is 6.03. The normalized spacial score (nSPS) is 10.8. The van der Waals surface area contributed by atoms with Crippen molar-refractivity contribution in [1.29, 1.82) is 0 Å². The number of amides is 2. The Morgan fingerprint density at radius 1 is 1.12 bits per heavy atom. The summed E-state index contributed by atoms with van der Waals surface area (Å²) >= 11 is 0. The van der Waals surface area contributed by atoms with Gasteiger partial charge in [-0.3, -0.25) is 9.59 Å². The molecule has 168 valence electrons. The number of ether oxygens (including phenoxy) is 1. The molecule has 0 saturated heterocycles. The van der Waals surface area contributed by atoms with E-state index in [0.717, 1.165) is 0 Å². The van der Waals surface area contributed by atoms with Crippen LogP contribution in [-0.4, -0.2) is 47.6 Å². The molecule has 0 aliphatic heterocycles. The minimum atomic E-state index is -0.463. The molecule has 0 saturated carbocycles. The van der Waals surface area contributed by atoms with Gasteiger partial charge in [-0.05, 0) is 49.4 Å². The average molecular weight is 448 g/mol. The van der Waals surface area contributed by atoms with Crippen LogP contribution in [0.1, 0.15) is 16.1 Å². The smallest absolute Gasteiger partial charge is 0.259 e. The quantitative estimate of drug-likeness (QED) is 0.478. The van der Waals surface area contributed by atoms with Crippen LogP contribution < -0.4 is 10.1 Å². The molecule has 8 nitrogen and oxygen atoms in total. The number of anilines is 1. The number of rotatable bonds is 6. The van der Waals surface area contributed by atoms with Gasteiger partial charge in [-0.25, -0.2) is 9.37 Å². The van der Waals surface area contributed by atoms with Gasteiger partial charge in [0.05, 0.1) is 22.3 Å². The largest absolute Gasteiger partial charge is 0.484 e. The van der Waals surface area contributed by atoms with Crippen molar-refractivity contribution in [3.8, 4) is 17.0 Å². The summed E-state index contributed by atoms with van der Waals surface area (Å²) in [5, 5.41) is 7.17. The van der Waals surface area contributed by atoms with Crippen LogP contribution in [0.2, 0.25) is 0 Å². The molecule has 0 spiro atoms. The van der Waals surface area contributed by atoms with E-state index < -0.39 is 11.7 Å². The zero-order chi connectivity index (χ0) is 23.5. The highest BCUT2D eigenvalue weighted by atomic mass is 19.1. The zero-order valence-corrected chi connectivity index (χ0v) is 18.3. The van der Waals surface area contributed by atoms with E-state index in [0.29, 0.717) is 22.5 Å². The van der Waals surface area contributed by atoms with Crippen LogP contribution in [0.3, 0.4) is 0 Å². The van der Waals surface area contributed by atoms with Crippen LogP contribution >= 0.6 is 0 Å². The first-order valence-corrected chi connectivity index (χ1v) is 10.1. The molecule has 0 fully saturated rings. The highest BCUT2D eigenvalue weighted by molar-refractivity contribution is 6.13. The number of aromatic nitrogens is 2. The fraction of sp³-hybridized carbons (Fsp3) is 0.167. The number of fused-ring (bicyclic) bond motifs is 1. The number of hydrogen-bond donors (Lipinski definition) is 1. The summed E-state index contributed by atoms with van der Waals surface area (Å²) < 4.78 is 25.0. The number of nitrogens with one attached hydrogen (secondary N) is 1. The van der Waals surface area contributed by atoms with E-state index in [1.807, 2.05) is 0 Å². The molecule has 0 aliphatic carbocycles. The van der Waals surface area contributed by atoms with Crippen molar-refractivity contribution in [2.45, 2.75) is 6.92 Å². The van der Waals surface area contributed by atoms with Crippen molar-refractivity contribution in [1.82, 2.24) is 15.0 Å². The van der Waals surface area contributed by atoms with Gasteiger partial charge in [0.2, 0.25) is 0 Å². The van der Waals surface area contributed by atoms with Crippen molar-refractivity contribution in [3.05, 3.63) is 71.7 Å². The summed E-state index contributed by atoms with van der Waals surface area (Å²) in [4.78, 5) is 30.6. The molecule has 2 aromatic carbocycles. The maximum absolute atomic E-state index is 14.3. The molecule has 0 atom stereocenters. The lowest BCUT2D eigenvalue weighted by Gasteiger charge is -2.12. The summed E-state index contributed by atoms with van der Waals surface area (Å²) in [5.74, 6) is -0.562. The predicted octanol–water partition coefficient (Wildman–Crippen LogP) is 4.06. The van der Waals surface area contributed by atoms with Crippen molar-refractivity contribution in [2.75, 3.05) is 26.0 Å². The van der Waals surface area contributed by atoms with Crippen molar-refractivity contribution in [2.24, 2.45) is 0 Å². The SMILES string of the molecule is Cc1noc2nc(-c3ccccc3F)cc(C(=O)Nc3ccc(OCC(=O)N(C)C)cc3)c12. The number of carbonyl (C=O) groups is 2. The van der Waals surface area contributed by atoms with Gasteiger partial charge >= 0.3 is 0 Å². The molecule has 33 heavy (non-hydrogen) atoms. The van der Waals surface area contributed by atoms with Gasteiger partial charge in [0.15, 0.2) is 6.61 Å². The Morgan fingerprint density at radius 2 is 1.85 bits per heavy atom. The molecule has 0 aliphatic rings. The number of hydrogen-bond acceptors (Lipinski definition) is 6. The maximum atomic E-state index is 14.3. The number of carbonyl (C=O) groups excluding carboxylic acids is 2. The molecule has 2 aromatic heterocycles. The molecule has 2 amide bonds. The monoisotopic (exact) mass is 448 g/mol. The van der Waals surface area contributed by atoms with Crippen LogP contribution in [0.25, 0.3) is 22.4 Å². The molecule has 0 bridgehead atoms. The summed E-state index contributed by atoms with van der Waals surface area (Å²) in [6.45, 7) is 1.62. The van der Waals surface area contributed by atoms with Crippen LogP contribution in [0.4, 0.5) is 10.1 Å². The molecule has 4 aromatic rings. The van der Waals surface area contributed by atoms with E-state index in [2.05, 4.69) is 15.5 Å². The number of halogens is 1. The second kappa shape index (κ2) is 9.07. The van der Waals surface area contributed by atoms with Crippen molar-refractivity contribution >= 4 is 28.6 Å². The van der Waals surface area contributed by atoms with Crippen molar-refractivity contribution < 1.29 is 23.2 Å². The van der Waals surface area contributed by atoms with Gasteiger partial charge in [0.25, 0.3) is 17.5 Å². The fourth-order valence-corrected chi connectivity index (χ4v) is 3.19. The lowest BCUT2D eigenvalue weighted by molar-refractivity contribution is -0.130. The summed E-state index contributed by atoms with van der Waals surface area (Å²) in [6.07, 6.45) is 0. The molecule has 4 rings (SSSR count). The molecule has 2 heterocycles. The van der Waals surface area contributed by atoms with Crippen LogP contribution in [0.15, 0.2) is 59.1 Å². The average Bonchev–Trinajstić information content (AvgIpc) is 3.18. The lowest BCUT2D eigenvalue weighted by Crippen LogP contribution is -2.27. The van der Waals surface area contributed by atoms with Gasteiger partial charge in [-0.15, -0.1) is 0 Å². The minimum Gasteiger partial charge on any atom is -0.484 e. The summed E-state index contributed by atoms with van der Waals surface area (Å²) in [7, 11) is 3.30. The molecular weight excluding hydrogens is 427 g/mol. The zero-order valence-electron chi connectivity index (χ0n) is 18.3. The van der Waals surface area contributed by atoms with Gasteiger partial charge < -0.3 is 19.5 Å². The topological polar surface area (TPSA) is 97.6 Å². The Labute approximate surface area is 189 Å². The molecule has 1 N–H and O–H groups in total. The second-order valence-corrected chi connectivity index (χ2v) is 7.54. The summed E-state index contributed by atoms with van der Waals surface area (Å²) in [6, 6.07) is 14.3. The van der Waals surface area contributed by atoms with Gasteiger partial charge in [-0.1, -0.05) is 17.3 Å². The van der Waals surface area contributed by atoms with E-state index in [9.17, 15) is 14.0 Å². The predicted molar refractivity (Wildman–Crippen MR) is 121 cm³/mol.